The lowest BCUT2D eigenvalue weighted by Gasteiger charge is -2.20. The lowest BCUT2D eigenvalue weighted by molar-refractivity contribution is -0.114. The molecule has 6 heteroatoms. The number of ether oxygens (including phenoxy) is 1. The fourth-order valence-electron chi connectivity index (χ4n) is 3.65. The SMILES string of the molecule is CC(C)CCOc1ccc(NC(=O)CNc2cccc(C(=O)N3CCCCCC3)c2)cc1. The highest BCUT2D eigenvalue weighted by molar-refractivity contribution is 5.96. The predicted octanol–water partition coefficient (Wildman–Crippen LogP) is 5.18. The second kappa shape index (κ2) is 12.1. The van der Waals surface area contributed by atoms with E-state index in [9.17, 15) is 9.59 Å². The van der Waals surface area contributed by atoms with Gasteiger partial charge in [0.15, 0.2) is 0 Å². The molecule has 0 aliphatic carbocycles. The van der Waals surface area contributed by atoms with Crippen molar-refractivity contribution < 1.29 is 14.3 Å². The first-order valence-electron chi connectivity index (χ1n) is 11.7. The van der Waals surface area contributed by atoms with E-state index >= 15 is 0 Å². The maximum Gasteiger partial charge on any atom is 0.253 e. The van der Waals surface area contributed by atoms with Gasteiger partial charge in [0.25, 0.3) is 5.91 Å². The number of nitrogens with one attached hydrogen (secondary N) is 2. The molecule has 2 aromatic carbocycles. The summed E-state index contributed by atoms with van der Waals surface area (Å²) >= 11 is 0. The van der Waals surface area contributed by atoms with Gasteiger partial charge < -0.3 is 20.3 Å². The Morgan fingerprint density at radius 2 is 1.69 bits per heavy atom. The summed E-state index contributed by atoms with van der Waals surface area (Å²) in [7, 11) is 0. The molecule has 3 rings (SSSR count). The zero-order valence-electron chi connectivity index (χ0n) is 19.2. The second-order valence-corrected chi connectivity index (χ2v) is 8.74. The average molecular weight is 438 g/mol. The van der Waals surface area contributed by atoms with Gasteiger partial charge in [-0.25, -0.2) is 0 Å². The zero-order chi connectivity index (χ0) is 22.8. The maximum absolute atomic E-state index is 12.8. The molecule has 1 fully saturated rings. The predicted molar refractivity (Wildman–Crippen MR) is 129 cm³/mol. The van der Waals surface area contributed by atoms with Gasteiger partial charge in [0, 0.05) is 30.0 Å². The lowest BCUT2D eigenvalue weighted by Crippen LogP contribution is -2.31. The van der Waals surface area contributed by atoms with Gasteiger partial charge in [-0.15, -0.1) is 0 Å². The van der Waals surface area contributed by atoms with E-state index in [1.807, 2.05) is 53.4 Å². The van der Waals surface area contributed by atoms with Crippen LogP contribution in [0.3, 0.4) is 0 Å². The van der Waals surface area contributed by atoms with Gasteiger partial charge in [0.2, 0.25) is 5.91 Å². The van der Waals surface area contributed by atoms with Gasteiger partial charge in [-0.05, 0) is 67.6 Å². The number of benzene rings is 2. The van der Waals surface area contributed by atoms with E-state index in [-0.39, 0.29) is 18.4 Å². The third-order valence-electron chi connectivity index (χ3n) is 5.56. The number of nitrogens with zero attached hydrogens (tertiary/aromatic N) is 1. The average Bonchev–Trinajstić information content (AvgIpc) is 3.08. The minimum atomic E-state index is -0.150. The second-order valence-electron chi connectivity index (χ2n) is 8.74. The van der Waals surface area contributed by atoms with Crippen LogP contribution in [-0.2, 0) is 4.79 Å². The minimum Gasteiger partial charge on any atom is -0.494 e. The molecule has 2 aromatic rings. The van der Waals surface area contributed by atoms with Crippen LogP contribution in [-0.4, -0.2) is 43.0 Å². The Labute approximate surface area is 191 Å². The molecule has 0 aromatic heterocycles. The number of likely N-dealkylation sites (tertiary alicyclic amines) is 1. The Morgan fingerprint density at radius 3 is 2.38 bits per heavy atom. The molecule has 32 heavy (non-hydrogen) atoms. The van der Waals surface area contributed by atoms with Crippen molar-refractivity contribution in [2.75, 3.05) is 36.9 Å². The van der Waals surface area contributed by atoms with E-state index in [2.05, 4.69) is 24.5 Å². The van der Waals surface area contributed by atoms with E-state index < -0.39 is 0 Å². The molecule has 1 aliphatic rings. The van der Waals surface area contributed by atoms with E-state index in [0.29, 0.717) is 18.1 Å². The molecule has 0 radical (unpaired) electrons. The highest BCUT2D eigenvalue weighted by atomic mass is 16.5. The van der Waals surface area contributed by atoms with Crippen LogP contribution in [0, 0.1) is 5.92 Å². The largest absolute Gasteiger partial charge is 0.494 e. The summed E-state index contributed by atoms with van der Waals surface area (Å²) in [6.45, 7) is 6.78. The van der Waals surface area contributed by atoms with Crippen molar-refractivity contribution in [1.82, 2.24) is 4.90 Å². The van der Waals surface area contributed by atoms with Crippen molar-refractivity contribution in [1.29, 1.82) is 0 Å². The minimum absolute atomic E-state index is 0.0655. The van der Waals surface area contributed by atoms with Crippen molar-refractivity contribution in [3.8, 4) is 5.75 Å². The van der Waals surface area contributed by atoms with Crippen LogP contribution in [0.4, 0.5) is 11.4 Å². The molecule has 0 unspecified atom stereocenters. The molecule has 1 aliphatic heterocycles. The van der Waals surface area contributed by atoms with Gasteiger partial charge in [0.1, 0.15) is 5.75 Å². The summed E-state index contributed by atoms with van der Waals surface area (Å²) in [6, 6.07) is 14.8. The van der Waals surface area contributed by atoms with Crippen LogP contribution in [0.2, 0.25) is 0 Å². The summed E-state index contributed by atoms with van der Waals surface area (Å²) in [6.07, 6.45) is 5.52. The van der Waals surface area contributed by atoms with E-state index in [1.165, 1.54) is 12.8 Å². The molecular weight excluding hydrogens is 402 g/mol. The maximum atomic E-state index is 12.8. The zero-order valence-corrected chi connectivity index (χ0v) is 19.2. The van der Waals surface area contributed by atoms with E-state index in [0.717, 1.165) is 49.5 Å². The number of anilines is 2. The summed E-state index contributed by atoms with van der Waals surface area (Å²) < 4.78 is 5.71. The van der Waals surface area contributed by atoms with Gasteiger partial charge >= 0.3 is 0 Å². The summed E-state index contributed by atoms with van der Waals surface area (Å²) in [4.78, 5) is 27.1. The quantitative estimate of drug-likeness (QED) is 0.567. The van der Waals surface area contributed by atoms with Crippen LogP contribution in [0.5, 0.6) is 5.75 Å². The molecule has 6 nitrogen and oxygen atoms in total. The Bertz CT molecular complexity index is 872. The molecule has 1 heterocycles. The van der Waals surface area contributed by atoms with Crippen LogP contribution < -0.4 is 15.4 Å². The Hall–Kier alpha value is -3.02. The van der Waals surface area contributed by atoms with Crippen molar-refractivity contribution in [3.63, 3.8) is 0 Å². The molecule has 1 saturated heterocycles. The first-order valence-corrected chi connectivity index (χ1v) is 11.7. The topological polar surface area (TPSA) is 70.7 Å². The van der Waals surface area contributed by atoms with E-state index in [4.69, 9.17) is 4.74 Å². The summed E-state index contributed by atoms with van der Waals surface area (Å²) in [5.41, 5.74) is 2.14. The monoisotopic (exact) mass is 437 g/mol. The number of hydrogen-bond donors (Lipinski definition) is 2. The van der Waals surface area contributed by atoms with Gasteiger partial charge in [-0.2, -0.15) is 0 Å². The van der Waals surface area contributed by atoms with Crippen LogP contribution in [0.25, 0.3) is 0 Å². The van der Waals surface area contributed by atoms with Gasteiger partial charge in [0.05, 0.1) is 13.2 Å². The van der Waals surface area contributed by atoms with Crippen molar-refractivity contribution >= 4 is 23.2 Å². The van der Waals surface area contributed by atoms with Crippen LogP contribution in [0.15, 0.2) is 48.5 Å². The lowest BCUT2D eigenvalue weighted by atomic mass is 10.1. The number of rotatable bonds is 9. The third-order valence-corrected chi connectivity index (χ3v) is 5.56. The summed E-state index contributed by atoms with van der Waals surface area (Å²) in [5, 5.41) is 6.00. The molecule has 0 bridgehead atoms. The standard InChI is InChI=1S/C26H35N3O3/c1-20(2)14-17-32-24-12-10-22(11-13-24)28-25(30)19-27-23-9-7-8-21(18-23)26(31)29-15-5-3-4-6-16-29/h7-13,18,20,27H,3-6,14-17,19H2,1-2H3,(H,28,30). The third kappa shape index (κ3) is 7.59. The molecular formula is C26H35N3O3. The van der Waals surface area contributed by atoms with Crippen molar-refractivity contribution in [2.45, 2.75) is 46.0 Å². The Kier molecular flexibility index (Phi) is 8.96. The smallest absolute Gasteiger partial charge is 0.253 e. The molecule has 0 atom stereocenters. The molecule has 2 N–H and O–H groups in total. The Balaban J connectivity index is 1.47. The van der Waals surface area contributed by atoms with Crippen LogP contribution >= 0.6 is 0 Å². The van der Waals surface area contributed by atoms with Crippen molar-refractivity contribution in [3.05, 3.63) is 54.1 Å². The first-order chi connectivity index (χ1) is 15.5. The van der Waals surface area contributed by atoms with Crippen molar-refractivity contribution in [2.24, 2.45) is 5.92 Å². The highest BCUT2D eigenvalue weighted by Gasteiger charge is 2.17. The molecule has 0 spiro atoms. The number of carbonyl (C=O) groups excluding carboxylic acids is 2. The summed E-state index contributed by atoms with van der Waals surface area (Å²) in [5.74, 6) is 1.32. The Morgan fingerprint density at radius 1 is 0.969 bits per heavy atom. The number of carbonyl (C=O) groups is 2. The molecule has 2 amide bonds. The van der Waals surface area contributed by atoms with Crippen LogP contribution in [0.1, 0.15) is 56.3 Å². The molecule has 0 saturated carbocycles. The fourth-order valence-corrected chi connectivity index (χ4v) is 3.65. The number of amides is 2. The molecule has 172 valence electrons. The van der Waals surface area contributed by atoms with Gasteiger partial charge in [-0.3, -0.25) is 9.59 Å². The first kappa shape index (κ1) is 23.6. The van der Waals surface area contributed by atoms with E-state index in [1.54, 1.807) is 0 Å². The normalized spacial score (nSPS) is 14.0. The van der Waals surface area contributed by atoms with Gasteiger partial charge in [-0.1, -0.05) is 32.8 Å². The highest BCUT2D eigenvalue weighted by Crippen LogP contribution is 2.18. The fraction of sp³-hybridized carbons (Fsp3) is 0.462. The number of hydrogen-bond acceptors (Lipinski definition) is 4.